The SMILES string of the molecule is CCC(=O)NC(=O)N(C)C(=O)NC. The molecule has 0 aromatic heterocycles. The van der Waals surface area contributed by atoms with Gasteiger partial charge in [0.15, 0.2) is 0 Å². The van der Waals surface area contributed by atoms with E-state index in [0.717, 1.165) is 4.90 Å². The number of rotatable bonds is 1. The molecule has 0 bridgehead atoms. The van der Waals surface area contributed by atoms with Crippen LogP contribution in [0.2, 0.25) is 0 Å². The molecule has 0 unspecified atom stereocenters. The van der Waals surface area contributed by atoms with Gasteiger partial charge in [-0.05, 0) is 0 Å². The molecule has 0 aliphatic rings. The van der Waals surface area contributed by atoms with Crippen LogP contribution in [0.25, 0.3) is 0 Å². The molecule has 2 N–H and O–H groups in total. The number of nitrogens with zero attached hydrogens (tertiary/aromatic N) is 1. The Kier molecular flexibility index (Phi) is 4.50. The summed E-state index contributed by atoms with van der Waals surface area (Å²) in [4.78, 5) is 33.4. The van der Waals surface area contributed by atoms with Gasteiger partial charge < -0.3 is 5.32 Å². The molecule has 74 valence electrons. The molecule has 5 amide bonds. The van der Waals surface area contributed by atoms with E-state index in [1.807, 2.05) is 5.32 Å². The van der Waals surface area contributed by atoms with Crippen molar-refractivity contribution in [2.75, 3.05) is 14.1 Å². The molecule has 13 heavy (non-hydrogen) atoms. The summed E-state index contributed by atoms with van der Waals surface area (Å²) in [6.45, 7) is 1.61. The molecule has 0 aliphatic heterocycles. The lowest BCUT2D eigenvalue weighted by Gasteiger charge is -2.14. The Morgan fingerprint density at radius 2 is 1.77 bits per heavy atom. The van der Waals surface area contributed by atoms with E-state index in [2.05, 4.69) is 5.32 Å². The maximum atomic E-state index is 11.0. The summed E-state index contributed by atoms with van der Waals surface area (Å²) >= 11 is 0. The molecule has 6 nitrogen and oxygen atoms in total. The standard InChI is InChI=1S/C7H13N3O3/c1-4-5(11)9-7(13)10(3)6(12)8-2/h4H2,1-3H3,(H,8,12)(H,9,11,13). The van der Waals surface area contributed by atoms with E-state index in [9.17, 15) is 14.4 Å². The van der Waals surface area contributed by atoms with Gasteiger partial charge in [0.05, 0.1) is 0 Å². The minimum Gasteiger partial charge on any atom is -0.341 e. The van der Waals surface area contributed by atoms with Crippen molar-refractivity contribution in [2.24, 2.45) is 0 Å². The van der Waals surface area contributed by atoms with Crippen molar-refractivity contribution in [1.82, 2.24) is 15.5 Å². The van der Waals surface area contributed by atoms with E-state index >= 15 is 0 Å². The molecular formula is C7H13N3O3. The van der Waals surface area contributed by atoms with E-state index in [4.69, 9.17) is 0 Å². The minimum atomic E-state index is -0.730. The highest BCUT2D eigenvalue weighted by molar-refractivity contribution is 6.01. The molecule has 0 aliphatic carbocycles. The monoisotopic (exact) mass is 187 g/mol. The van der Waals surface area contributed by atoms with E-state index < -0.39 is 18.0 Å². The van der Waals surface area contributed by atoms with Gasteiger partial charge in [-0.25, -0.2) is 14.5 Å². The Balaban J connectivity index is 4.11. The van der Waals surface area contributed by atoms with E-state index in [0.29, 0.717) is 0 Å². The van der Waals surface area contributed by atoms with Crippen LogP contribution in [0.1, 0.15) is 13.3 Å². The molecule has 0 spiro atoms. The van der Waals surface area contributed by atoms with Crippen LogP contribution in [0.15, 0.2) is 0 Å². The third-order valence-electron chi connectivity index (χ3n) is 1.39. The van der Waals surface area contributed by atoms with Crippen LogP contribution in [0.4, 0.5) is 9.59 Å². The van der Waals surface area contributed by atoms with Crippen molar-refractivity contribution in [2.45, 2.75) is 13.3 Å². The number of urea groups is 2. The van der Waals surface area contributed by atoms with E-state index in [1.54, 1.807) is 6.92 Å². The second kappa shape index (κ2) is 5.13. The van der Waals surface area contributed by atoms with Gasteiger partial charge in [-0.15, -0.1) is 0 Å². The van der Waals surface area contributed by atoms with Gasteiger partial charge in [0.2, 0.25) is 5.91 Å². The molecular weight excluding hydrogens is 174 g/mol. The Bertz CT molecular complexity index is 227. The summed E-state index contributed by atoms with van der Waals surface area (Å²) in [6, 6.07) is -1.30. The zero-order valence-corrected chi connectivity index (χ0v) is 7.88. The average molecular weight is 187 g/mol. The fourth-order valence-corrected chi connectivity index (χ4v) is 0.551. The Morgan fingerprint density at radius 3 is 2.15 bits per heavy atom. The molecule has 0 saturated carbocycles. The largest absolute Gasteiger partial charge is 0.341 e. The summed E-state index contributed by atoms with van der Waals surface area (Å²) < 4.78 is 0. The molecule has 0 heterocycles. The number of amides is 5. The van der Waals surface area contributed by atoms with Crippen molar-refractivity contribution in [3.8, 4) is 0 Å². The third kappa shape index (κ3) is 3.55. The zero-order chi connectivity index (χ0) is 10.4. The van der Waals surface area contributed by atoms with E-state index in [-0.39, 0.29) is 6.42 Å². The fourth-order valence-electron chi connectivity index (χ4n) is 0.551. The number of hydrogen-bond acceptors (Lipinski definition) is 3. The highest BCUT2D eigenvalue weighted by atomic mass is 16.2. The molecule has 0 rings (SSSR count). The van der Waals surface area contributed by atoms with Crippen molar-refractivity contribution in [1.29, 1.82) is 0 Å². The normalized spacial score (nSPS) is 8.85. The smallest absolute Gasteiger partial charge is 0.331 e. The second-order valence-corrected chi connectivity index (χ2v) is 2.32. The second-order valence-electron chi connectivity index (χ2n) is 2.32. The lowest BCUT2D eigenvalue weighted by atomic mass is 10.4. The summed E-state index contributed by atoms with van der Waals surface area (Å²) in [5.74, 6) is -0.416. The predicted molar refractivity (Wildman–Crippen MR) is 46.0 cm³/mol. The van der Waals surface area contributed by atoms with E-state index in [1.165, 1.54) is 14.1 Å². The summed E-state index contributed by atoms with van der Waals surface area (Å²) in [6.07, 6.45) is 0.202. The van der Waals surface area contributed by atoms with Crippen LogP contribution >= 0.6 is 0 Å². The van der Waals surface area contributed by atoms with Crippen molar-refractivity contribution >= 4 is 18.0 Å². The zero-order valence-electron chi connectivity index (χ0n) is 7.88. The van der Waals surface area contributed by atoms with Crippen molar-refractivity contribution in [3.63, 3.8) is 0 Å². The minimum absolute atomic E-state index is 0.202. The van der Waals surface area contributed by atoms with Crippen LogP contribution in [0.3, 0.4) is 0 Å². The number of hydrogen-bond donors (Lipinski definition) is 2. The van der Waals surface area contributed by atoms with Gasteiger partial charge in [-0.3, -0.25) is 10.1 Å². The molecule has 0 fully saturated rings. The maximum absolute atomic E-state index is 11.0. The maximum Gasteiger partial charge on any atom is 0.331 e. The van der Waals surface area contributed by atoms with Crippen LogP contribution in [-0.2, 0) is 4.79 Å². The van der Waals surface area contributed by atoms with Crippen molar-refractivity contribution in [3.05, 3.63) is 0 Å². The predicted octanol–water partition coefficient (Wildman–Crippen LogP) is -0.0962. The quantitative estimate of drug-likeness (QED) is 0.601. The first-order valence-electron chi connectivity index (χ1n) is 3.82. The Labute approximate surface area is 76.3 Å². The number of carbonyl (C=O) groups excluding carboxylic acids is 3. The molecule has 0 atom stereocenters. The first-order chi connectivity index (χ1) is 6.02. The number of imide groups is 2. The first-order valence-corrected chi connectivity index (χ1v) is 3.82. The summed E-state index contributed by atoms with van der Waals surface area (Å²) in [5, 5.41) is 4.28. The lowest BCUT2D eigenvalue weighted by Crippen LogP contribution is -2.46. The topological polar surface area (TPSA) is 78.5 Å². The molecule has 0 aromatic rings. The van der Waals surface area contributed by atoms with Crippen LogP contribution < -0.4 is 10.6 Å². The molecule has 6 heteroatoms. The fraction of sp³-hybridized carbons (Fsp3) is 0.571. The first kappa shape index (κ1) is 11.4. The molecule has 0 aromatic carbocycles. The Hall–Kier alpha value is -1.59. The van der Waals surface area contributed by atoms with Gasteiger partial charge in [0.1, 0.15) is 0 Å². The lowest BCUT2D eigenvalue weighted by molar-refractivity contribution is -0.119. The number of nitrogens with one attached hydrogen (secondary N) is 2. The van der Waals surface area contributed by atoms with Gasteiger partial charge >= 0.3 is 12.1 Å². The molecule has 0 radical (unpaired) electrons. The summed E-state index contributed by atoms with van der Waals surface area (Å²) in [7, 11) is 2.67. The van der Waals surface area contributed by atoms with Gasteiger partial charge in [0, 0.05) is 20.5 Å². The molecule has 0 saturated heterocycles. The third-order valence-corrected chi connectivity index (χ3v) is 1.39. The van der Waals surface area contributed by atoms with Crippen molar-refractivity contribution < 1.29 is 14.4 Å². The highest BCUT2D eigenvalue weighted by Crippen LogP contribution is 1.86. The summed E-state index contributed by atoms with van der Waals surface area (Å²) in [5.41, 5.74) is 0. The van der Waals surface area contributed by atoms with Gasteiger partial charge in [-0.2, -0.15) is 0 Å². The van der Waals surface area contributed by atoms with Crippen LogP contribution in [0, 0.1) is 0 Å². The van der Waals surface area contributed by atoms with Crippen LogP contribution in [-0.4, -0.2) is 37.0 Å². The van der Waals surface area contributed by atoms with Gasteiger partial charge in [-0.1, -0.05) is 6.92 Å². The highest BCUT2D eigenvalue weighted by Gasteiger charge is 2.16. The average Bonchev–Trinajstić information content (AvgIpc) is 2.14. The van der Waals surface area contributed by atoms with Gasteiger partial charge in [0.25, 0.3) is 0 Å². The Morgan fingerprint density at radius 1 is 1.23 bits per heavy atom. The number of carbonyl (C=O) groups is 3. The van der Waals surface area contributed by atoms with Crippen LogP contribution in [0.5, 0.6) is 0 Å².